The molecule has 0 radical (unpaired) electrons. The van der Waals surface area contributed by atoms with E-state index in [1.54, 1.807) is 6.26 Å². The second kappa shape index (κ2) is 7.46. The van der Waals surface area contributed by atoms with Crippen LogP contribution >= 0.6 is 0 Å². The molecule has 0 aliphatic heterocycles. The Kier molecular flexibility index (Phi) is 5.29. The van der Waals surface area contributed by atoms with Gasteiger partial charge in [0.25, 0.3) is 0 Å². The summed E-state index contributed by atoms with van der Waals surface area (Å²) in [7, 11) is 0. The molecule has 1 heterocycles. The van der Waals surface area contributed by atoms with E-state index in [4.69, 9.17) is 4.42 Å². The summed E-state index contributed by atoms with van der Waals surface area (Å²) in [5, 5.41) is 6.67. The predicted octanol–water partition coefficient (Wildman–Crippen LogP) is 2.26. The molecular weight excluding hydrogens is 238 g/mol. The van der Waals surface area contributed by atoms with Gasteiger partial charge < -0.3 is 15.1 Å². The number of hydrogen-bond acceptors (Lipinski definition) is 2. The maximum absolute atomic E-state index is 5.29. The van der Waals surface area contributed by atoms with Crippen LogP contribution in [0.5, 0.6) is 0 Å². The number of furan rings is 1. The van der Waals surface area contributed by atoms with Gasteiger partial charge in [0.05, 0.1) is 6.26 Å². The summed E-state index contributed by atoms with van der Waals surface area (Å²) in [4.78, 5) is 4.56. The molecular formula is C15H21N3O. The highest BCUT2D eigenvalue weighted by molar-refractivity contribution is 5.80. The first kappa shape index (κ1) is 13.5. The molecule has 1 aromatic rings. The molecule has 0 spiro atoms. The Balaban J connectivity index is 1.82. The van der Waals surface area contributed by atoms with Crippen molar-refractivity contribution >= 4 is 5.96 Å². The van der Waals surface area contributed by atoms with E-state index in [9.17, 15) is 0 Å². The van der Waals surface area contributed by atoms with Gasteiger partial charge in [-0.25, -0.2) is 0 Å². The standard InChI is InChI=1S/C15H21N3O/c1-2-10-16-15(18-13-6-3-4-7-13)17-11-9-14-8-5-12-19-14/h2-5,8,12-13H,1,6-7,9-11H2,(H2,16,17,18). The molecule has 2 N–H and O–H groups in total. The highest BCUT2D eigenvalue weighted by Crippen LogP contribution is 2.08. The minimum Gasteiger partial charge on any atom is -0.469 e. The van der Waals surface area contributed by atoms with Crippen LogP contribution in [0.1, 0.15) is 18.6 Å². The molecule has 1 aromatic heterocycles. The van der Waals surface area contributed by atoms with E-state index in [-0.39, 0.29) is 0 Å². The molecule has 0 unspecified atom stereocenters. The lowest BCUT2D eigenvalue weighted by Gasteiger charge is -2.16. The molecule has 1 aliphatic rings. The van der Waals surface area contributed by atoms with Crippen molar-refractivity contribution in [2.24, 2.45) is 4.99 Å². The summed E-state index contributed by atoms with van der Waals surface area (Å²) < 4.78 is 5.29. The largest absolute Gasteiger partial charge is 0.469 e. The zero-order valence-corrected chi connectivity index (χ0v) is 11.1. The molecule has 2 rings (SSSR count). The van der Waals surface area contributed by atoms with E-state index in [1.807, 2.05) is 18.2 Å². The monoisotopic (exact) mass is 259 g/mol. The van der Waals surface area contributed by atoms with Crippen molar-refractivity contribution in [2.75, 3.05) is 13.1 Å². The van der Waals surface area contributed by atoms with Crippen LogP contribution < -0.4 is 10.6 Å². The Hall–Kier alpha value is -1.97. The Morgan fingerprint density at radius 3 is 3.00 bits per heavy atom. The summed E-state index contributed by atoms with van der Waals surface area (Å²) in [6.07, 6.45) is 10.9. The molecule has 4 heteroatoms. The molecule has 0 fully saturated rings. The van der Waals surface area contributed by atoms with Gasteiger partial charge in [-0.1, -0.05) is 18.2 Å². The topological polar surface area (TPSA) is 49.6 Å². The first-order chi connectivity index (χ1) is 9.38. The lowest BCUT2D eigenvalue weighted by atomic mass is 10.2. The van der Waals surface area contributed by atoms with Crippen molar-refractivity contribution in [1.82, 2.24) is 10.6 Å². The average Bonchev–Trinajstić information content (AvgIpc) is 3.08. The van der Waals surface area contributed by atoms with Crippen LogP contribution in [0.3, 0.4) is 0 Å². The third-order valence-corrected chi connectivity index (χ3v) is 2.97. The Morgan fingerprint density at radius 2 is 2.32 bits per heavy atom. The summed E-state index contributed by atoms with van der Waals surface area (Å²) in [6, 6.07) is 4.33. The molecule has 0 bridgehead atoms. The second-order valence-corrected chi connectivity index (χ2v) is 4.51. The first-order valence-electron chi connectivity index (χ1n) is 6.71. The van der Waals surface area contributed by atoms with E-state index in [1.165, 1.54) is 0 Å². The van der Waals surface area contributed by atoms with E-state index in [0.29, 0.717) is 19.1 Å². The van der Waals surface area contributed by atoms with Crippen LogP contribution in [-0.2, 0) is 6.42 Å². The molecule has 0 saturated carbocycles. The number of guanidine groups is 1. The first-order valence-corrected chi connectivity index (χ1v) is 6.71. The quantitative estimate of drug-likeness (QED) is 0.468. The molecule has 0 aromatic carbocycles. The summed E-state index contributed by atoms with van der Waals surface area (Å²) in [5.41, 5.74) is 0. The minimum absolute atomic E-state index is 0.458. The fourth-order valence-corrected chi connectivity index (χ4v) is 1.98. The van der Waals surface area contributed by atoms with Gasteiger partial charge in [0.2, 0.25) is 0 Å². The summed E-state index contributed by atoms with van der Waals surface area (Å²) in [6.45, 7) is 5.14. The summed E-state index contributed by atoms with van der Waals surface area (Å²) >= 11 is 0. The van der Waals surface area contributed by atoms with E-state index < -0.39 is 0 Å². The Labute approximate surface area is 114 Å². The van der Waals surface area contributed by atoms with Crippen molar-refractivity contribution in [3.05, 3.63) is 49.0 Å². The lowest BCUT2D eigenvalue weighted by Crippen LogP contribution is -2.42. The van der Waals surface area contributed by atoms with Crippen molar-refractivity contribution < 1.29 is 4.42 Å². The number of hydrogen-bond donors (Lipinski definition) is 2. The molecule has 19 heavy (non-hydrogen) atoms. The van der Waals surface area contributed by atoms with E-state index in [0.717, 1.165) is 31.0 Å². The SMILES string of the molecule is C=CCNC(=NCCc1ccco1)NC1CC=CC1. The van der Waals surface area contributed by atoms with Crippen molar-refractivity contribution in [3.63, 3.8) is 0 Å². The lowest BCUT2D eigenvalue weighted by molar-refractivity contribution is 0.510. The zero-order valence-electron chi connectivity index (χ0n) is 11.1. The third-order valence-electron chi connectivity index (χ3n) is 2.97. The van der Waals surface area contributed by atoms with Gasteiger partial charge in [0.15, 0.2) is 5.96 Å². The Bertz CT molecular complexity index is 426. The maximum atomic E-state index is 5.29. The van der Waals surface area contributed by atoms with Crippen LogP contribution in [0.2, 0.25) is 0 Å². The van der Waals surface area contributed by atoms with Crippen LogP contribution in [0.25, 0.3) is 0 Å². The van der Waals surface area contributed by atoms with Gasteiger partial charge in [-0.2, -0.15) is 0 Å². The number of aliphatic imine (C=N–C) groups is 1. The summed E-state index contributed by atoms with van der Waals surface area (Å²) in [5.74, 6) is 1.81. The van der Waals surface area contributed by atoms with Crippen LogP contribution in [0.15, 0.2) is 52.6 Å². The minimum atomic E-state index is 0.458. The van der Waals surface area contributed by atoms with Crippen LogP contribution in [-0.4, -0.2) is 25.1 Å². The van der Waals surface area contributed by atoms with Gasteiger partial charge in [-0.15, -0.1) is 6.58 Å². The molecule has 4 nitrogen and oxygen atoms in total. The van der Waals surface area contributed by atoms with E-state index in [2.05, 4.69) is 34.4 Å². The second-order valence-electron chi connectivity index (χ2n) is 4.51. The fourth-order valence-electron chi connectivity index (χ4n) is 1.98. The molecule has 102 valence electrons. The molecule has 0 saturated heterocycles. The van der Waals surface area contributed by atoms with Gasteiger partial charge in [0, 0.05) is 25.6 Å². The average molecular weight is 259 g/mol. The van der Waals surface area contributed by atoms with Gasteiger partial charge >= 0.3 is 0 Å². The third kappa shape index (κ3) is 4.66. The smallest absolute Gasteiger partial charge is 0.191 e. The molecule has 0 amide bonds. The number of nitrogens with one attached hydrogen (secondary N) is 2. The highest BCUT2D eigenvalue weighted by Gasteiger charge is 2.11. The van der Waals surface area contributed by atoms with E-state index >= 15 is 0 Å². The highest BCUT2D eigenvalue weighted by atomic mass is 16.3. The van der Waals surface area contributed by atoms with Crippen molar-refractivity contribution in [1.29, 1.82) is 0 Å². The zero-order chi connectivity index (χ0) is 13.3. The van der Waals surface area contributed by atoms with Gasteiger partial charge in [-0.05, 0) is 25.0 Å². The number of rotatable bonds is 6. The van der Waals surface area contributed by atoms with Crippen molar-refractivity contribution in [3.8, 4) is 0 Å². The molecule has 0 atom stereocenters. The van der Waals surface area contributed by atoms with Crippen LogP contribution in [0, 0.1) is 0 Å². The maximum Gasteiger partial charge on any atom is 0.191 e. The van der Waals surface area contributed by atoms with Gasteiger partial charge in [0.1, 0.15) is 5.76 Å². The normalized spacial score (nSPS) is 15.7. The van der Waals surface area contributed by atoms with Gasteiger partial charge in [-0.3, -0.25) is 4.99 Å². The van der Waals surface area contributed by atoms with Crippen molar-refractivity contribution in [2.45, 2.75) is 25.3 Å². The Morgan fingerprint density at radius 1 is 1.47 bits per heavy atom. The molecule has 1 aliphatic carbocycles. The van der Waals surface area contributed by atoms with Crippen LogP contribution in [0.4, 0.5) is 0 Å². The number of nitrogens with zero attached hydrogens (tertiary/aromatic N) is 1. The fraction of sp³-hybridized carbons (Fsp3) is 0.400. The predicted molar refractivity (Wildman–Crippen MR) is 78.2 cm³/mol.